The predicted octanol–water partition coefficient (Wildman–Crippen LogP) is 2.80. The van der Waals surface area contributed by atoms with E-state index in [1.807, 2.05) is 0 Å². The Bertz CT molecular complexity index is 529. The van der Waals surface area contributed by atoms with Gasteiger partial charge in [-0.25, -0.2) is 0 Å². The summed E-state index contributed by atoms with van der Waals surface area (Å²) in [5.41, 5.74) is -0.142. The SMILES string of the molecule is O=C(NCC(O)C(F)(F)F)C1(c2cccc(Cl)c2)CCC1. The number of carbonyl (C=O) groups is 1. The Morgan fingerprint density at radius 3 is 2.57 bits per heavy atom. The van der Waals surface area contributed by atoms with Crippen LogP contribution >= 0.6 is 11.6 Å². The zero-order valence-corrected chi connectivity index (χ0v) is 11.8. The van der Waals surface area contributed by atoms with Crippen LogP contribution in [0.4, 0.5) is 13.2 Å². The van der Waals surface area contributed by atoms with Crippen LogP contribution in [0.2, 0.25) is 5.02 Å². The molecule has 2 rings (SSSR count). The number of nitrogens with one attached hydrogen (secondary N) is 1. The lowest BCUT2D eigenvalue weighted by atomic mass is 9.64. The molecule has 3 nitrogen and oxygen atoms in total. The minimum atomic E-state index is -4.74. The summed E-state index contributed by atoms with van der Waals surface area (Å²) < 4.78 is 36.7. The fourth-order valence-corrected chi connectivity index (χ4v) is 2.63. The van der Waals surface area contributed by atoms with Crippen molar-refractivity contribution >= 4 is 17.5 Å². The monoisotopic (exact) mass is 321 g/mol. The van der Waals surface area contributed by atoms with E-state index in [4.69, 9.17) is 16.7 Å². The summed E-state index contributed by atoms with van der Waals surface area (Å²) in [6.07, 6.45) is -5.36. The Morgan fingerprint density at radius 1 is 1.43 bits per heavy atom. The van der Waals surface area contributed by atoms with Crippen molar-refractivity contribution in [3.8, 4) is 0 Å². The molecule has 21 heavy (non-hydrogen) atoms. The molecule has 1 amide bonds. The quantitative estimate of drug-likeness (QED) is 0.896. The van der Waals surface area contributed by atoms with Crippen LogP contribution in [0.25, 0.3) is 0 Å². The molecule has 0 aromatic heterocycles. The maximum absolute atomic E-state index is 12.3. The zero-order chi connectivity index (χ0) is 15.7. The Balaban J connectivity index is 2.09. The van der Waals surface area contributed by atoms with Crippen LogP contribution in [0.5, 0.6) is 0 Å². The largest absolute Gasteiger partial charge is 0.416 e. The average Bonchev–Trinajstić information content (AvgIpc) is 2.33. The Morgan fingerprint density at radius 2 is 2.10 bits per heavy atom. The van der Waals surface area contributed by atoms with E-state index in [1.54, 1.807) is 24.3 Å². The molecule has 0 bridgehead atoms. The molecule has 7 heteroatoms. The number of halogens is 4. The second-order valence-electron chi connectivity index (χ2n) is 5.21. The van der Waals surface area contributed by atoms with Gasteiger partial charge in [0.2, 0.25) is 5.91 Å². The van der Waals surface area contributed by atoms with E-state index in [-0.39, 0.29) is 0 Å². The minimum absolute atomic E-state index is 0.474. The number of amides is 1. The Kier molecular flexibility index (Phi) is 4.49. The van der Waals surface area contributed by atoms with Crippen molar-refractivity contribution in [2.75, 3.05) is 6.54 Å². The highest BCUT2D eigenvalue weighted by Crippen LogP contribution is 2.44. The van der Waals surface area contributed by atoms with Crippen molar-refractivity contribution in [2.24, 2.45) is 0 Å². The molecule has 0 radical (unpaired) electrons. The van der Waals surface area contributed by atoms with Crippen molar-refractivity contribution in [3.63, 3.8) is 0 Å². The van der Waals surface area contributed by atoms with Gasteiger partial charge in [-0.3, -0.25) is 4.79 Å². The van der Waals surface area contributed by atoms with Gasteiger partial charge < -0.3 is 10.4 Å². The van der Waals surface area contributed by atoms with Gasteiger partial charge in [-0.2, -0.15) is 13.2 Å². The fraction of sp³-hybridized carbons (Fsp3) is 0.500. The van der Waals surface area contributed by atoms with E-state index >= 15 is 0 Å². The summed E-state index contributed by atoms with van der Waals surface area (Å²) in [5.74, 6) is -0.501. The van der Waals surface area contributed by atoms with Crippen LogP contribution in [0.15, 0.2) is 24.3 Å². The van der Waals surface area contributed by atoms with Gasteiger partial charge in [0.25, 0.3) is 0 Å². The van der Waals surface area contributed by atoms with Gasteiger partial charge in [0.05, 0.1) is 12.0 Å². The van der Waals surface area contributed by atoms with Gasteiger partial charge in [-0.05, 0) is 30.5 Å². The third-order valence-corrected chi connectivity index (χ3v) is 4.09. The van der Waals surface area contributed by atoms with E-state index in [2.05, 4.69) is 5.32 Å². The van der Waals surface area contributed by atoms with Crippen molar-refractivity contribution < 1.29 is 23.1 Å². The van der Waals surface area contributed by atoms with Gasteiger partial charge in [0.1, 0.15) is 0 Å². The summed E-state index contributed by atoms with van der Waals surface area (Å²) in [4.78, 5) is 12.3. The topological polar surface area (TPSA) is 49.3 Å². The second-order valence-corrected chi connectivity index (χ2v) is 5.65. The third kappa shape index (κ3) is 3.32. The molecule has 1 atom stereocenters. The summed E-state index contributed by atoms with van der Waals surface area (Å²) >= 11 is 5.90. The molecule has 116 valence electrons. The van der Waals surface area contributed by atoms with Crippen LogP contribution in [0.3, 0.4) is 0 Å². The number of carbonyl (C=O) groups excluding carboxylic acids is 1. The first-order chi connectivity index (χ1) is 9.75. The minimum Gasteiger partial charge on any atom is -0.382 e. The molecule has 0 heterocycles. The van der Waals surface area contributed by atoms with Crippen molar-refractivity contribution in [1.29, 1.82) is 0 Å². The molecule has 1 aliphatic carbocycles. The fourth-order valence-electron chi connectivity index (χ4n) is 2.44. The lowest BCUT2D eigenvalue weighted by molar-refractivity contribution is -0.202. The predicted molar refractivity (Wildman–Crippen MR) is 72.1 cm³/mol. The molecule has 1 saturated carbocycles. The van der Waals surface area contributed by atoms with Gasteiger partial charge in [0, 0.05) is 5.02 Å². The molecule has 0 aliphatic heterocycles. The molecule has 0 saturated heterocycles. The Labute approximate surface area is 125 Å². The lowest BCUT2D eigenvalue weighted by Crippen LogP contribution is -2.52. The van der Waals surface area contributed by atoms with E-state index in [0.717, 1.165) is 6.42 Å². The van der Waals surface area contributed by atoms with Gasteiger partial charge in [-0.1, -0.05) is 30.2 Å². The first kappa shape index (κ1) is 16.1. The molecular formula is C14H15ClF3NO2. The van der Waals surface area contributed by atoms with E-state index in [9.17, 15) is 18.0 Å². The molecule has 1 fully saturated rings. The summed E-state index contributed by atoms with van der Waals surface area (Å²) in [6, 6.07) is 6.77. The number of hydrogen-bond acceptors (Lipinski definition) is 2. The van der Waals surface area contributed by atoms with Crippen LogP contribution in [-0.2, 0) is 10.2 Å². The van der Waals surface area contributed by atoms with Crippen molar-refractivity contribution in [3.05, 3.63) is 34.9 Å². The van der Waals surface area contributed by atoms with Crippen molar-refractivity contribution in [1.82, 2.24) is 5.32 Å². The smallest absolute Gasteiger partial charge is 0.382 e. The molecule has 1 aliphatic rings. The van der Waals surface area contributed by atoms with Gasteiger partial charge in [-0.15, -0.1) is 0 Å². The van der Waals surface area contributed by atoms with Gasteiger partial charge in [0.15, 0.2) is 6.10 Å². The number of aliphatic hydroxyl groups excluding tert-OH is 1. The number of benzene rings is 1. The normalized spacial score (nSPS) is 18.7. The average molecular weight is 322 g/mol. The molecule has 1 aromatic carbocycles. The van der Waals surface area contributed by atoms with E-state index < -0.39 is 30.1 Å². The molecule has 2 N–H and O–H groups in total. The molecule has 1 unspecified atom stereocenters. The number of aliphatic hydroxyl groups is 1. The van der Waals surface area contributed by atoms with Crippen LogP contribution in [0, 0.1) is 0 Å². The van der Waals surface area contributed by atoms with E-state index in [0.29, 0.717) is 23.4 Å². The summed E-state index contributed by atoms with van der Waals surface area (Å²) in [6.45, 7) is -0.843. The Hall–Kier alpha value is -1.27. The highest BCUT2D eigenvalue weighted by Gasteiger charge is 2.46. The van der Waals surface area contributed by atoms with Gasteiger partial charge >= 0.3 is 6.18 Å². The number of hydrogen-bond donors (Lipinski definition) is 2. The molecular weight excluding hydrogens is 307 g/mol. The summed E-state index contributed by atoms with van der Waals surface area (Å²) in [5, 5.41) is 11.6. The number of alkyl halides is 3. The number of rotatable bonds is 4. The van der Waals surface area contributed by atoms with E-state index in [1.165, 1.54) is 0 Å². The maximum atomic E-state index is 12.3. The van der Waals surface area contributed by atoms with Crippen LogP contribution in [0.1, 0.15) is 24.8 Å². The summed E-state index contributed by atoms with van der Waals surface area (Å²) in [7, 11) is 0. The molecule has 1 aromatic rings. The van der Waals surface area contributed by atoms with Crippen molar-refractivity contribution in [2.45, 2.75) is 37.0 Å². The highest BCUT2D eigenvalue weighted by atomic mass is 35.5. The maximum Gasteiger partial charge on any atom is 0.416 e. The zero-order valence-electron chi connectivity index (χ0n) is 11.1. The van der Waals surface area contributed by atoms with Crippen LogP contribution < -0.4 is 5.32 Å². The second kappa shape index (κ2) is 5.85. The first-order valence-electron chi connectivity index (χ1n) is 6.55. The lowest BCUT2D eigenvalue weighted by Gasteiger charge is -2.41. The standard InChI is InChI=1S/C14H15ClF3NO2/c15-10-4-1-3-9(7-10)13(5-2-6-13)12(21)19-8-11(20)14(16,17)18/h1,3-4,7,11,20H,2,5-6,8H2,(H,19,21). The highest BCUT2D eigenvalue weighted by molar-refractivity contribution is 6.30. The van der Waals surface area contributed by atoms with Crippen LogP contribution in [-0.4, -0.2) is 29.8 Å². The third-order valence-electron chi connectivity index (χ3n) is 3.85. The molecule has 0 spiro atoms. The first-order valence-corrected chi connectivity index (χ1v) is 6.93.